The van der Waals surface area contributed by atoms with E-state index in [1.807, 2.05) is 91.0 Å². The Morgan fingerprint density at radius 1 is 0.816 bits per heavy atom. The van der Waals surface area contributed by atoms with Crippen molar-refractivity contribution in [3.63, 3.8) is 0 Å². The predicted octanol–water partition coefficient (Wildman–Crippen LogP) is 6.81. The van der Waals surface area contributed by atoms with E-state index in [4.69, 9.17) is 4.74 Å². The Kier molecular flexibility index (Phi) is 5.98. The molecule has 6 rings (SSSR count). The molecule has 6 aromatic rings. The second-order valence-electron chi connectivity index (χ2n) is 9.08. The number of benzene rings is 4. The summed E-state index contributed by atoms with van der Waals surface area (Å²) in [5.74, 6) is -0.838. The lowest BCUT2D eigenvalue weighted by atomic mass is 9.99. The Hall–Kier alpha value is -5.10. The largest absolute Gasteiger partial charge is 0.494 e. The number of aromatic hydroxyl groups is 1. The maximum absolute atomic E-state index is 12.5. The zero-order chi connectivity index (χ0) is 26.1. The number of fused-ring (bicyclic) bond motifs is 2. The fraction of sp³-hybridized carbons (Fsp3) is 0.0625. The van der Waals surface area contributed by atoms with Crippen molar-refractivity contribution in [2.75, 3.05) is 0 Å². The third-order valence-electron chi connectivity index (χ3n) is 6.69. The zero-order valence-corrected chi connectivity index (χ0v) is 20.4. The van der Waals surface area contributed by atoms with Gasteiger partial charge in [-0.05, 0) is 22.8 Å². The first kappa shape index (κ1) is 23.3. The maximum atomic E-state index is 12.5. The average molecular weight is 501 g/mol. The molecule has 0 spiro atoms. The Morgan fingerprint density at radius 3 is 2.03 bits per heavy atom. The lowest BCUT2D eigenvalue weighted by Gasteiger charge is -2.22. The molecule has 0 aliphatic heterocycles. The van der Waals surface area contributed by atoms with Crippen LogP contribution in [0.2, 0.25) is 0 Å². The molecule has 2 aromatic heterocycles. The quantitative estimate of drug-likeness (QED) is 0.252. The summed E-state index contributed by atoms with van der Waals surface area (Å²) in [6.07, 6.45) is 2.77. The molecule has 0 fully saturated rings. The molecule has 0 amide bonds. The van der Waals surface area contributed by atoms with Crippen molar-refractivity contribution < 1.29 is 19.7 Å². The molecule has 0 bridgehead atoms. The number of aromatic carboxylic acids is 1. The van der Waals surface area contributed by atoms with Crippen LogP contribution < -0.4 is 4.74 Å². The third kappa shape index (κ3) is 4.12. The van der Waals surface area contributed by atoms with Crippen molar-refractivity contribution in [2.45, 2.75) is 12.6 Å². The van der Waals surface area contributed by atoms with E-state index in [2.05, 4.69) is 4.98 Å². The Labute approximate surface area is 219 Å². The molecule has 4 aromatic carbocycles. The molecule has 0 radical (unpaired) electrons. The average Bonchev–Trinajstić information content (AvgIpc) is 3.27. The van der Waals surface area contributed by atoms with E-state index in [1.165, 1.54) is 0 Å². The molecule has 0 atom stereocenters. The number of pyridine rings is 1. The number of rotatable bonds is 7. The fourth-order valence-electron chi connectivity index (χ4n) is 4.96. The van der Waals surface area contributed by atoms with Gasteiger partial charge in [-0.25, -0.2) is 4.79 Å². The first-order chi connectivity index (χ1) is 18.6. The molecule has 6 nitrogen and oxygen atoms in total. The number of ether oxygens (including phenoxy) is 1. The van der Waals surface area contributed by atoms with Crippen molar-refractivity contribution >= 4 is 27.6 Å². The summed E-state index contributed by atoms with van der Waals surface area (Å²) in [4.78, 5) is 17.1. The van der Waals surface area contributed by atoms with E-state index in [1.54, 1.807) is 29.1 Å². The molecule has 0 unspecified atom stereocenters. The van der Waals surface area contributed by atoms with Crippen LogP contribution in [0.4, 0.5) is 0 Å². The van der Waals surface area contributed by atoms with Gasteiger partial charge in [-0.1, -0.05) is 97.1 Å². The van der Waals surface area contributed by atoms with Crippen LogP contribution in [0.25, 0.3) is 21.7 Å². The number of hydrogen-bond acceptors (Lipinski definition) is 4. The molecule has 38 heavy (non-hydrogen) atoms. The van der Waals surface area contributed by atoms with Crippen molar-refractivity contribution in [1.82, 2.24) is 9.55 Å². The number of aromatic nitrogens is 2. The van der Waals surface area contributed by atoms with Crippen LogP contribution in [0.1, 0.15) is 33.2 Å². The molecular formula is C32H24N2O4. The number of nitrogens with zero attached hydrogens (tertiary/aromatic N) is 2. The van der Waals surface area contributed by atoms with Crippen LogP contribution >= 0.6 is 0 Å². The fourth-order valence-corrected chi connectivity index (χ4v) is 4.96. The van der Waals surface area contributed by atoms with Crippen LogP contribution in [0.15, 0.2) is 116 Å². The molecule has 6 heteroatoms. The molecule has 0 saturated heterocycles. The minimum absolute atomic E-state index is 0.0752. The Morgan fingerprint density at radius 2 is 1.42 bits per heavy atom. The lowest BCUT2D eigenvalue weighted by molar-refractivity contribution is 0.0701. The van der Waals surface area contributed by atoms with Gasteiger partial charge in [-0.2, -0.15) is 0 Å². The predicted molar refractivity (Wildman–Crippen MR) is 147 cm³/mol. The Balaban J connectivity index is 1.62. The topological polar surface area (TPSA) is 84.6 Å². The molecular weight excluding hydrogens is 476 g/mol. The van der Waals surface area contributed by atoms with Crippen molar-refractivity contribution in [1.29, 1.82) is 0 Å². The monoisotopic (exact) mass is 500 g/mol. The van der Waals surface area contributed by atoms with E-state index in [0.29, 0.717) is 34.0 Å². The minimum Gasteiger partial charge on any atom is -0.494 e. The van der Waals surface area contributed by atoms with Gasteiger partial charge in [0.1, 0.15) is 11.6 Å². The highest BCUT2D eigenvalue weighted by Gasteiger charge is 2.28. The van der Waals surface area contributed by atoms with Gasteiger partial charge in [-0.3, -0.25) is 4.98 Å². The van der Waals surface area contributed by atoms with Gasteiger partial charge in [0, 0.05) is 23.2 Å². The van der Waals surface area contributed by atoms with Gasteiger partial charge in [0.2, 0.25) is 5.88 Å². The number of carboxylic acid groups (broad SMARTS) is 1. The highest BCUT2D eigenvalue weighted by molar-refractivity contribution is 6.19. The summed E-state index contributed by atoms with van der Waals surface area (Å²) in [5, 5.41) is 22.9. The third-order valence-corrected chi connectivity index (χ3v) is 6.69. The highest BCUT2D eigenvalue weighted by Crippen LogP contribution is 2.45. The SMILES string of the molecule is O=C(O)c1c2cccnc2c(OC(c2ccccc2)c2ccccc2)c2c(O)n(Cc3ccccc3)cc12. The van der Waals surface area contributed by atoms with Gasteiger partial charge >= 0.3 is 5.97 Å². The zero-order valence-electron chi connectivity index (χ0n) is 20.4. The Bertz CT molecular complexity index is 1710. The van der Waals surface area contributed by atoms with Crippen molar-refractivity contribution in [2.24, 2.45) is 0 Å². The molecule has 0 aliphatic carbocycles. The maximum Gasteiger partial charge on any atom is 0.337 e. The van der Waals surface area contributed by atoms with Crippen LogP contribution in [-0.2, 0) is 6.54 Å². The number of carbonyl (C=O) groups is 1. The van der Waals surface area contributed by atoms with E-state index in [-0.39, 0.29) is 11.4 Å². The summed E-state index contributed by atoms with van der Waals surface area (Å²) in [6, 6.07) is 32.7. The molecule has 0 saturated carbocycles. The molecule has 2 N–H and O–H groups in total. The second kappa shape index (κ2) is 9.75. The minimum atomic E-state index is -1.10. The van der Waals surface area contributed by atoms with Gasteiger partial charge in [0.15, 0.2) is 5.75 Å². The van der Waals surface area contributed by atoms with E-state index < -0.39 is 12.1 Å². The lowest BCUT2D eigenvalue weighted by Crippen LogP contribution is -2.11. The van der Waals surface area contributed by atoms with Crippen molar-refractivity contribution in [3.8, 4) is 11.6 Å². The van der Waals surface area contributed by atoms with Gasteiger partial charge in [0.05, 0.1) is 17.5 Å². The second-order valence-corrected chi connectivity index (χ2v) is 9.08. The van der Waals surface area contributed by atoms with E-state index >= 15 is 0 Å². The first-order valence-corrected chi connectivity index (χ1v) is 12.3. The first-order valence-electron chi connectivity index (χ1n) is 12.3. The van der Waals surface area contributed by atoms with Crippen LogP contribution in [0.5, 0.6) is 11.6 Å². The molecule has 2 heterocycles. The van der Waals surface area contributed by atoms with Crippen LogP contribution in [0.3, 0.4) is 0 Å². The summed E-state index contributed by atoms with van der Waals surface area (Å²) in [5.41, 5.74) is 3.26. The molecule has 0 aliphatic rings. The summed E-state index contributed by atoms with van der Waals surface area (Å²) < 4.78 is 8.41. The number of carboxylic acids is 1. The van der Waals surface area contributed by atoms with Gasteiger partial charge in [-0.15, -0.1) is 0 Å². The van der Waals surface area contributed by atoms with Crippen LogP contribution in [0, 0.1) is 0 Å². The van der Waals surface area contributed by atoms with E-state index in [0.717, 1.165) is 16.7 Å². The molecule has 186 valence electrons. The van der Waals surface area contributed by atoms with Crippen LogP contribution in [-0.4, -0.2) is 25.7 Å². The summed E-state index contributed by atoms with van der Waals surface area (Å²) in [6.45, 7) is 0.366. The standard InChI is InChI=1S/C32H24N2O4/c35-31-27-25(20-34(31)19-21-11-4-1-5-12-21)26(32(36)37)24-17-10-18-33-28(24)30(27)38-29(22-13-6-2-7-14-22)23-15-8-3-9-16-23/h1-18,20,29,35H,19H2,(H,36,37). The normalized spacial score (nSPS) is 11.3. The van der Waals surface area contributed by atoms with Gasteiger partial charge < -0.3 is 19.5 Å². The summed E-state index contributed by atoms with van der Waals surface area (Å²) in [7, 11) is 0. The van der Waals surface area contributed by atoms with Gasteiger partial charge in [0.25, 0.3) is 0 Å². The number of hydrogen-bond donors (Lipinski definition) is 2. The highest BCUT2D eigenvalue weighted by atomic mass is 16.5. The summed E-state index contributed by atoms with van der Waals surface area (Å²) >= 11 is 0. The smallest absolute Gasteiger partial charge is 0.337 e. The van der Waals surface area contributed by atoms with Crippen molar-refractivity contribution in [3.05, 3.63) is 138 Å². The van der Waals surface area contributed by atoms with E-state index in [9.17, 15) is 15.0 Å².